The molecule has 20 heavy (non-hydrogen) atoms. The zero-order valence-corrected chi connectivity index (χ0v) is 12.1. The SMILES string of the molecule is CC(=O)Nc1ccc(NC(=O)C2(N)CCCC2)cc1Cl. The number of hydrogen-bond donors (Lipinski definition) is 3. The molecule has 1 aliphatic carbocycles. The third-order valence-electron chi connectivity index (χ3n) is 3.49. The van der Waals surface area contributed by atoms with Gasteiger partial charge in [0.25, 0.3) is 0 Å². The van der Waals surface area contributed by atoms with Gasteiger partial charge in [0, 0.05) is 12.6 Å². The first kappa shape index (κ1) is 14.8. The minimum atomic E-state index is -0.775. The van der Waals surface area contributed by atoms with Gasteiger partial charge in [-0.2, -0.15) is 0 Å². The van der Waals surface area contributed by atoms with Crippen LogP contribution in [0.25, 0.3) is 0 Å². The first-order valence-corrected chi connectivity index (χ1v) is 6.96. The molecule has 0 spiro atoms. The fraction of sp³-hybridized carbons (Fsp3) is 0.429. The zero-order chi connectivity index (χ0) is 14.8. The van der Waals surface area contributed by atoms with Gasteiger partial charge in [-0.25, -0.2) is 0 Å². The Bertz CT molecular complexity index is 539. The van der Waals surface area contributed by atoms with Gasteiger partial charge in [-0.3, -0.25) is 9.59 Å². The topological polar surface area (TPSA) is 84.2 Å². The summed E-state index contributed by atoms with van der Waals surface area (Å²) in [5, 5.41) is 5.76. The van der Waals surface area contributed by atoms with Crippen molar-refractivity contribution < 1.29 is 9.59 Å². The van der Waals surface area contributed by atoms with Crippen molar-refractivity contribution in [2.45, 2.75) is 38.1 Å². The molecule has 1 aromatic carbocycles. The van der Waals surface area contributed by atoms with E-state index in [1.807, 2.05) is 0 Å². The molecular weight excluding hydrogens is 278 g/mol. The maximum atomic E-state index is 12.2. The van der Waals surface area contributed by atoms with Crippen LogP contribution in [0.5, 0.6) is 0 Å². The van der Waals surface area contributed by atoms with Crippen LogP contribution < -0.4 is 16.4 Å². The Morgan fingerprint density at radius 1 is 1.25 bits per heavy atom. The van der Waals surface area contributed by atoms with Crippen LogP contribution in [0.4, 0.5) is 11.4 Å². The molecule has 0 saturated heterocycles. The number of rotatable bonds is 3. The van der Waals surface area contributed by atoms with Crippen LogP contribution in [0.2, 0.25) is 5.02 Å². The van der Waals surface area contributed by atoms with Crippen LogP contribution >= 0.6 is 11.6 Å². The number of hydrogen-bond acceptors (Lipinski definition) is 3. The van der Waals surface area contributed by atoms with Gasteiger partial charge in [0.2, 0.25) is 11.8 Å². The van der Waals surface area contributed by atoms with Crippen molar-refractivity contribution in [3.8, 4) is 0 Å². The number of benzene rings is 1. The second kappa shape index (κ2) is 5.81. The number of amides is 2. The van der Waals surface area contributed by atoms with Crippen molar-refractivity contribution in [3.05, 3.63) is 23.2 Å². The van der Waals surface area contributed by atoms with Crippen molar-refractivity contribution in [1.82, 2.24) is 0 Å². The van der Waals surface area contributed by atoms with E-state index in [0.29, 0.717) is 29.2 Å². The van der Waals surface area contributed by atoms with Gasteiger partial charge in [-0.15, -0.1) is 0 Å². The van der Waals surface area contributed by atoms with Crippen molar-refractivity contribution in [3.63, 3.8) is 0 Å². The Labute approximate surface area is 122 Å². The Morgan fingerprint density at radius 3 is 2.45 bits per heavy atom. The molecule has 1 aromatic rings. The van der Waals surface area contributed by atoms with Gasteiger partial charge in [0.1, 0.15) is 0 Å². The summed E-state index contributed by atoms with van der Waals surface area (Å²) in [6.45, 7) is 1.41. The average Bonchev–Trinajstić information content (AvgIpc) is 2.81. The van der Waals surface area contributed by atoms with E-state index in [-0.39, 0.29) is 11.8 Å². The molecule has 0 radical (unpaired) electrons. The molecule has 0 atom stereocenters. The largest absolute Gasteiger partial charge is 0.325 e. The second-order valence-electron chi connectivity index (χ2n) is 5.19. The molecule has 0 aromatic heterocycles. The molecule has 4 N–H and O–H groups in total. The molecule has 1 aliphatic rings. The lowest BCUT2D eigenvalue weighted by Crippen LogP contribution is -2.48. The number of nitrogens with one attached hydrogen (secondary N) is 2. The molecule has 6 heteroatoms. The smallest absolute Gasteiger partial charge is 0.244 e. The van der Waals surface area contributed by atoms with E-state index in [1.165, 1.54) is 6.92 Å². The highest BCUT2D eigenvalue weighted by atomic mass is 35.5. The molecule has 0 aliphatic heterocycles. The molecule has 1 fully saturated rings. The van der Waals surface area contributed by atoms with Gasteiger partial charge in [-0.1, -0.05) is 24.4 Å². The molecule has 0 unspecified atom stereocenters. The Morgan fingerprint density at radius 2 is 1.90 bits per heavy atom. The quantitative estimate of drug-likeness (QED) is 0.801. The fourth-order valence-corrected chi connectivity index (χ4v) is 2.60. The van der Waals surface area contributed by atoms with Crippen molar-refractivity contribution >= 4 is 34.8 Å². The summed E-state index contributed by atoms with van der Waals surface area (Å²) in [5.74, 6) is -0.381. The number of anilines is 2. The number of carbonyl (C=O) groups is 2. The zero-order valence-electron chi connectivity index (χ0n) is 11.3. The van der Waals surface area contributed by atoms with Crippen LogP contribution in [-0.4, -0.2) is 17.4 Å². The molecule has 2 amide bonds. The maximum Gasteiger partial charge on any atom is 0.244 e. The Kier molecular flexibility index (Phi) is 4.30. The highest BCUT2D eigenvalue weighted by Crippen LogP contribution is 2.30. The molecular formula is C14H18ClN3O2. The fourth-order valence-electron chi connectivity index (χ4n) is 2.37. The first-order valence-electron chi connectivity index (χ1n) is 6.58. The minimum Gasteiger partial charge on any atom is -0.325 e. The normalized spacial score (nSPS) is 16.8. The van der Waals surface area contributed by atoms with Crippen molar-refractivity contribution in [2.75, 3.05) is 10.6 Å². The standard InChI is InChI=1S/C14H18ClN3O2/c1-9(19)17-12-5-4-10(8-11(12)15)18-13(20)14(16)6-2-3-7-14/h4-5,8H,2-3,6-7,16H2,1H3,(H,17,19)(H,18,20). The third-order valence-corrected chi connectivity index (χ3v) is 3.80. The summed E-state index contributed by atoms with van der Waals surface area (Å²) in [7, 11) is 0. The van der Waals surface area contributed by atoms with Crippen LogP contribution in [0, 0.1) is 0 Å². The maximum absolute atomic E-state index is 12.2. The van der Waals surface area contributed by atoms with Crippen LogP contribution in [-0.2, 0) is 9.59 Å². The second-order valence-corrected chi connectivity index (χ2v) is 5.60. The van der Waals surface area contributed by atoms with Gasteiger partial charge >= 0.3 is 0 Å². The van der Waals surface area contributed by atoms with E-state index in [0.717, 1.165) is 12.8 Å². The van der Waals surface area contributed by atoms with Crippen molar-refractivity contribution in [2.24, 2.45) is 5.73 Å². The Balaban J connectivity index is 2.08. The lowest BCUT2D eigenvalue weighted by molar-refractivity contribution is -0.121. The van der Waals surface area contributed by atoms with E-state index in [9.17, 15) is 9.59 Å². The lowest BCUT2D eigenvalue weighted by Gasteiger charge is -2.22. The number of nitrogens with two attached hydrogens (primary N) is 1. The van der Waals surface area contributed by atoms with Gasteiger partial charge in [0.15, 0.2) is 0 Å². The van der Waals surface area contributed by atoms with Crippen LogP contribution in [0.3, 0.4) is 0 Å². The monoisotopic (exact) mass is 295 g/mol. The third kappa shape index (κ3) is 3.29. The van der Waals surface area contributed by atoms with E-state index in [4.69, 9.17) is 17.3 Å². The molecule has 108 valence electrons. The summed E-state index contributed by atoms with van der Waals surface area (Å²) in [4.78, 5) is 23.1. The van der Waals surface area contributed by atoms with E-state index in [1.54, 1.807) is 18.2 Å². The lowest BCUT2D eigenvalue weighted by atomic mass is 9.98. The summed E-state index contributed by atoms with van der Waals surface area (Å²) >= 11 is 6.05. The van der Waals surface area contributed by atoms with Crippen molar-refractivity contribution in [1.29, 1.82) is 0 Å². The summed E-state index contributed by atoms with van der Waals surface area (Å²) in [5.41, 5.74) is 6.40. The van der Waals surface area contributed by atoms with E-state index >= 15 is 0 Å². The minimum absolute atomic E-state index is 0.182. The Hall–Kier alpha value is -1.59. The molecule has 5 nitrogen and oxygen atoms in total. The average molecular weight is 296 g/mol. The summed E-state index contributed by atoms with van der Waals surface area (Å²) < 4.78 is 0. The van der Waals surface area contributed by atoms with Gasteiger partial charge < -0.3 is 16.4 Å². The van der Waals surface area contributed by atoms with Crippen LogP contribution in [0.15, 0.2) is 18.2 Å². The molecule has 0 bridgehead atoms. The molecule has 1 saturated carbocycles. The molecule has 0 heterocycles. The number of carbonyl (C=O) groups excluding carboxylic acids is 2. The highest BCUT2D eigenvalue weighted by Gasteiger charge is 2.36. The molecule has 2 rings (SSSR count). The van der Waals surface area contributed by atoms with E-state index in [2.05, 4.69) is 10.6 Å². The van der Waals surface area contributed by atoms with E-state index < -0.39 is 5.54 Å². The van der Waals surface area contributed by atoms with Crippen LogP contribution in [0.1, 0.15) is 32.6 Å². The predicted molar refractivity (Wildman–Crippen MR) is 79.8 cm³/mol. The summed E-state index contributed by atoms with van der Waals surface area (Å²) in [6.07, 6.45) is 3.37. The predicted octanol–water partition coefficient (Wildman–Crippen LogP) is 2.51. The summed E-state index contributed by atoms with van der Waals surface area (Å²) in [6, 6.07) is 4.94. The van der Waals surface area contributed by atoms with Gasteiger partial charge in [-0.05, 0) is 31.0 Å². The highest BCUT2D eigenvalue weighted by molar-refractivity contribution is 6.34. The van der Waals surface area contributed by atoms with Gasteiger partial charge in [0.05, 0.1) is 16.2 Å². The first-order chi connectivity index (χ1) is 9.40. The number of halogens is 1.